The number of halogens is 2. The Labute approximate surface area is 155 Å². The van der Waals surface area contributed by atoms with Crippen LogP contribution in [0.15, 0.2) is 29.1 Å². The molecular weight excluding hydrogens is 354 g/mol. The molecule has 2 aromatic rings. The molecule has 1 fully saturated rings. The van der Waals surface area contributed by atoms with Crippen molar-refractivity contribution in [1.29, 1.82) is 0 Å². The van der Waals surface area contributed by atoms with Gasteiger partial charge in [0.05, 0.1) is 7.11 Å². The Kier molecular flexibility index (Phi) is 4.25. The molecule has 0 spiro atoms. The molecule has 2 aliphatic heterocycles. The van der Waals surface area contributed by atoms with Gasteiger partial charge in [0, 0.05) is 55.9 Å². The smallest absolute Gasteiger partial charge is 0.251 e. The number of hydrogen-bond acceptors (Lipinski definition) is 3. The predicted octanol–water partition coefficient (Wildman–Crippen LogP) is 2.77. The average molecular weight is 374 g/mol. The van der Waals surface area contributed by atoms with Crippen molar-refractivity contribution in [2.75, 3.05) is 20.2 Å². The first kappa shape index (κ1) is 17.7. The highest BCUT2D eigenvalue weighted by molar-refractivity contribution is 5.73. The molecule has 1 saturated heterocycles. The Morgan fingerprint density at radius 2 is 1.89 bits per heavy atom. The van der Waals surface area contributed by atoms with Crippen molar-refractivity contribution < 1.29 is 18.3 Å². The molecule has 0 radical (unpaired) electrons. The molecule has 142 valence electrons. The van der Waals surface area contributed by atoms with Gasteiger partial charge in [0.2, 0.25) is 5.91 Å². The minimum absolute atomic E-state index is 0.0138. The third kappa shape index (κ3) is 3.01. The van der Waals surface area contributed by atoms with Crippen LogP contribution in [0.5, 0.6) is 5.75 Å². The van der Waals surface area contributed by atoms with Crippen LogP contribution in [-0.2, 0) is 11.3 Å². The van der Waals surface area contributed by atoms with Crippen LogP contribution in [0.25, 0.3) is 11.1 Å². The van der Waals surface area contributed by atoms with Crippen LogP contribution in [0.2, 0.25) is 0 Å². The van der Waals surface area contributed by atoms with Gasteiger partial charge in [0.25, 0.3) is 5.56 Å². The van der Waals surface area contributed by atoms with Gasteiger partial charge in [-0.15, -0.1) is 0 Å². The van der Waals surface area contributed by atoms with Crippen LogP contribution in [0, 0.1) is 17.6 Å². The van der Waals surface area contributed by atoms with Crippen LogP contribution in [0.4, 0.5) is 8.78 Å². The van der Waals surface area contributed by atoms with Crippen molar-refractivity contribution in [3.05, 3.63) is 51.9 Å². The second kappa shape index (κ2) is 6.48. The van der Waals surface area contributed by atoms with Crippen LogP contribution in [0.3, 0.4) is 0 Å². The second-order valence-electron chi connectivity index (χ2n) is 7.31. The number of likely N-dealkylation sites (tertiary alicyclic amines) is 1. The van der Waals surface area contributed by atoms with Gasteiger partial charge in [-0.2, -0.15) is 0 Å². The number of piperidine rings is 1. The lowest BCUT2D eigenvalue weighted by atomic mass is 9.82. The number of aromatic nitrogens is 1. The van der Waals surface area contributed by atoms with E-state index >= 15 is 0 Å². The van der Waals surface area contributed by atoms with Gasteiger partial charge in [-0.25, -0.2) is 8.78 Å². The highest BCUT2D eigenvalue weighted by Gasteiger charge is 2.35. The second-order valence-corrected chi connectivity index (χ2v) is 7.31. The van der Waals surface area contributed by atoms with Gasteiger partial charge >= 0.3 is 0 Å². The number of nitrogens with zero attached hydrogens (tertiary/aromatic N) is 2. The number of methoxy groups -OCH3 is 1. The van der Waals surface area contributed by atoms with E-state index in [9.17, 15) is 18.4 Å². The van der Waals surface area contributed by atoms with E-state index in [1.165, 1.54) is 13.2 Å². The van der Waals surface area contributed by atoms with Gasteiger partial charge in [-0.3, -0.25) is 9.59 Å². The molecule has 0 N–H and O–H groups in total. The van der Waals surface area contributed by atoms with Gasteiger partial charge in [0.15, 0.2) is 11.6 Å². The fourth-order valence-electron chi connectivity index (χ4n) is 4.28. The first-order valence-electron chi connectivity index (χ1n) is 8.91. The lowest BCUT2D eigenvalue weighted by Gasteiger charge is -2.42. The lowest BCUT2D eigenvalue weighted by molar-refractivity contribution is -0.131. The molecule has 2 atom stereocenters. The van der Waals surface area contributed by atoms with Gasteiger partial charge in [0.1, 0.15) is 5.82 Å². The van der Waals surface area contributed by atoms with Gasteiger partial charge < -0.3 is 14.2 Å². The van der Waals surface area contributed by atoms with Crippen molar-refractivity contribution in [2.24, 2.45) is 5.92 Å². The van der Waals surface area contributed by atoms with Crippen LogP contribution in [-0.4, -0.2) is 35.6 Å². The highest BCUT2D eigenvalue weighted by Crippen LogP contribution is 2.37. The third-order valence-corrected chi connectivity index (χ3v) is 5.55. The highest BCUT2D eigenvalue weighted by atomic mass is 19.1. The SMILES string of the molecule is COc1cc(F)c(-c2cc3n(c(=O)c2)C[C@H]2C[C@@H]3CN(C(C)=O)C2)cc1F. The molecule has 2 aliphatic rings. The topological polar surface area (TPSA) is 51.5 Å². The number of fused-ring (bicyclic) bond motifs is 4. The van der Waals surface area contributed by atoms with Crippen LogP contribution in [0.1, 0.15) is 25.0 Å². The number of pyridine rings is 1. The quantitative estimate of drug-likeness (QED) is 0.812. The molecule has 5 nitrogen and oxygen atoms in total. The largest absolute Gasteiger partial charge is 0.494 e. The molecule has 0 saturated carbocycles. The number of benzene rings is 1. The molecular formula is C20H20F2N2O3. The van der Waals surface area contributed by atoms with E-state index in [2.05, 4.69) is 0 Å². The van der Waals surface area contributed by atoms with E-state index in [4.69, 9.17) is 4.74 Å². The summed E-state index contributed by atoms with van der Waals surface area (Å²) in [5, 5.41) is 0. The molecule has 1 aromatic heterocycles. The summed E-state index contributed by atoms with van der Waals surface area (Å²) in [5.74, 6) is -1.26. The Morgan fingerprint density at radius 3 is 2.59 bits per heavy atom. The Hall–Kier alpha value is -2.70. The number of hydrogen-bond donors (Lipinski definition) is 0. The zero-order chi connectivity index (χ0) is 19.3. The van der Waals surface area contributed by atoms with E-state index < -0.39 is 11.6 Å². The summed E-state index contributed by atoms with van der Waals surface area (Å²) in [6, 6.07) is 5.12. The Bertz CT molecular complexity index is 986. The summed E-state index contributed by atoms with van der Waals surface area (Å²) in [6.07, 6.45) is 0.881. The summed E-state index contributed by atoms with van der Waals surface area (Å²) >= 11 is 0. The standard InChI is InChI=1S/C20H20F2N2O3/c1-11(25)23-8-12-3-14(10-23)18-4-13(5-20(26)24(18)9-12)15-6-17(22)19(27-2)7-16(15)21/h4-7,12,14H,3,8-10H2,1-2H3/t12-,14+/m0/s1. The Morgan fingerprint density at radius 1 is 1.11 bits per heavy atom. The molecule has 27 heavy (non-hydrogen) atoms. The number of ether oxygens (including phenoxy) is 1. The molecule has 4 rings (SSSR count). The van der Waals surface area contributed by atoms with Crippen LogP contribution < -0.4 is 10.3 Å². The molecule has 1 amide bonds. The molecule has 3 heterocycles. The van der Waals surface area contributed by atoms with E-state index in [-0.39, 0.29) is 34.6 Å². The van der Waals surface area contributed by atoms with Gasteiger partial charge in [-0.1, -0.05) is 0 Å². The van der Waals surface area contributed by atoms with E-state index in [0.717, 1.165) is 24.2 Å². The molecule has 0 aliphatic carbocycles. The predicted molar refractivity (Wildman–Crippen MR) is 95.7 cm³/mol. The lowest BCUT2D eigenvalue weighted by Crippen LogP contribution is -2.48. The minimum Gasteiger partial charge on any atom is -0.494 e. The monoisotopic (exact) mass is 374 g/mol. The maximum absolute atomic E-state index is 14.5. The first-order valence-corrected chi connectivity index (χ1v) is 8.91. The van der Waals surface area contributed by atoms with Crippen molar-refractivity contribution in [3.63, 3.8) is 0 Å². The number of carbonyl (C=O) groups excluding carboxylic acids is 1. The summed E-state index contributed by atoms with van der Waals surface area (Å²) in [5.41, 5.74) is 0.901. The summed E-state index contributed by atoms with van der Waals surface area (Å²) < 4.78 is 35.1. The zero-order valence-electron chi connectivity index (χ0n) is 15.2. The fourth-order valence-corrected chi connectivity index (χ4v) is 4.28. The van der Waals surface area contributed by atoms with E-state index in [1.54, 1.807) is 22.5 Å². The van der Waals surface area contributed by atoms with E-state index in [0.29, 0.717) is 25.2 Å². The van der Waals surface area contributed by atoms with Crippen molar-refractivity contribution in [1.82, 2.24) is 9.47 Å². The van der Waals surface area contributed by atoms with Crippen molar-refractivity contribution >= 4 is 5.91 Å². The third-order valence-electron chi connectivity index (χ3n) is 5.55. The van der Waals surface area contributed by atoms with Crippen molar-refractivity contribution in [2.45, 2.75) is 25.8 Å². The number of amides is 1. The minimum atomic E-state index is -0.688. The maximum atomic E-state index is 14.5. The normalized spacial score (nSPS) is 21.0. The van der Waals surface area contributed by atoms with Crippen LogP contribution >= 0.6 is 0 Å². The molecule has 7 heteroatoms. The number of carbonyl (C=O) groups is 1. The number of rotatable bonds is 2. The van der Waals surface area contributed by atoms with Crippen molar-refractivity contribution in [3.8, 4) is 16.9 Å². The first-order chi connectivity index (χ1) is 12.9. The average Bonchev–Trinajstić information content (AvgIpc) is 2.63. The molecule has 2 bridgehead atoms. The zero-order valence-corrected chi connectivity index (χ0v) is 15.2. The van der Waals surface area contributed by atoms with Gasteiger partial charge in [-0.05, 0) is 30.0 Å². The van der Waals surface area contributed by atoms with E-state index in [1.807, 2.05) is 0 Å². The molecule has 0 unspecified atom stereocenters. The fraction of sp³-hybridized carbons (Fsp3) is 0.400. The maximum Gasteiger partial charge on any atom is 0.251 e. The summed E-state index contributed by atoms with van der Waals surface area (Å²) in [6.45, 7) is 3.26. The summed E-state index contributed by atoms with van der Waals surface area (Å²) in [4.78, 5) is 26.3. The Balaban J connectivity index is 1.80. The summed E-state index contributed by atoms with van der Waals surface area (Å²) in [7, 11) is 1.27. The molecule has 1 aromatic carbocycles.